The summed E-state index contributed by atoms with van der Waals surface area (Å²) in [6, 6.07) is 0. The highest BCUT2D eigenvalue weighted by Gasteiger charge is 2.28. The van der Waals surface area contributed by atoms with E-state index in [0.717, 1.165) is 12.8 Å². The zero-order valence-corrected chi connectivity index (χ0v) is 13.7. The third-order valence-corrected chi connectivity index (χ3v) is 4.46. The molecular weight excluding hydrogens is 260 g/mol. The monoisotopic (exact) mass is 290 g/mol. The van der Waals surface area contributed by atoms with Crippen LogP contribution in [0.25, 0.3) is 0 Å². The smallest absolute Gasteiger partial charge is 0.220 e. The van der Waals surface area contributed by atoms with E-state index in [1.54, 1.807) is 0 Å². The number of nitrogens with one attached hydrogen (secondary N) is 1. The van der Waals surface area contributed by atoms with Crippen molar-refractivity contribution in [2.24, 2.45) is 17.1 Å². The Hall–Kier alpha value is -0.280. The summed E-state index contributed by atoms with van der Waals surface area (Å²) in [4.78, 5) is 11.9. The number of rotatable bonds is 4. The van der Waals surface area contributed by atoms with Crippen molar-refractivity contribution in [1.29, 1.82) is 0 Å². The molecule has 3 N–H and O–H groups in total. The normalized spacial score (nSPS) is 20.3. The first-order valence-corrected chi connectivity index (χ1v) is 7.28. The molecule has 0 aromatic heterocycles. The molecule has 0 saturated heterocycles. The van der Waals surface area contributed by atoms with Gasteiger partial charge in [-0.15, -0.1) is 12.4 Å². The quantitative estimate of drug-likeness (QED) is 0.835. The lowest BCUT2D eigenvalue weighted by Gasteiger charge is -2.34. The summed E-state index contributed by atoms with van der Waals surface area (Å²) in [5.74, 6) is 0.533. The average molecular weight is 291 g/mol. The van der Waals surface area contributed by atoms with Gasteiger partial charge in [0.15, 0.2) is 0 Å². The van der Waals surface area contributed by atoms with Crippen molar-refractivity contribution >= 4 is 18.3 Å². The topological polar surface area (TPSA) is 55.1 Å². The van der Waals surface area contributed by atoms with E-state index in [1.165, 1.54) is 19.3 Å². The van der Waals surface area contributed by atoms with Gasteiger partial charge in [0.1, 0.15) is 0 Å². The summed E-state index contributed by atoms with van der Waals surface area (Å²) in [7, 11) is 0. The van der Waals surface area contributed by atoms with Gasteiger partial charge in [-0.05, 0) is 24.2 Å². The molecule has 0 spiro atoms. The molecule has 1 unspecified atom stereocenters. The minimum Gasteiger partial charge on any atom is -0.354 e. The van der Waals surface area contributed by atoms with Crippen molar-refractivity contribution in [3.63, 3.8) is 0 Å². The lowest BCUT2D eigenvalue weighted by atomic mass is 9.79. The molecular formula is C15H31ClN2O. The number of hydrogen-bond donors (Lipinski definition) is 2. The van der Waals surface area contributed by atoms with Crippen LogP contribution in [0.2, 0.25) is 0 Å². The van der Waals surface area contributed by atoms with Crippen molar-refractivity contribution in [3.05, 3.63) is 0 Å². The van der Waals surface area contributed by atoms with Crippen LogP contribution in [0.1, 0.15) is 66.2 Å². The van der Waals surface area contributed by atoms with E-state index >= 15 is 0 Å². The Bertz CT molecular complexity index is 280. The van der Waals surface area contributed by atoms with Crippen LogP contribution < -0.4 is 11.1 Å². The molecule has 114 valence electrons. The number of carbonyl (C=O) groups is 1. The van der Waals surface area contributed by atoms with Crippen LogP contribution in [0.15, 0.2) is 0 Å². The van der Waals surface area contributed by atoms with Gasteiger partial charge in [0.25, 0.3) is 0 Å². The second kappa shape index (κ2) is 7.49. The Morgan fingerprint density at radius 3 is 2.26 bits per heavy atom. The number of halogens is 1. The fourth-order valence-electron chi connectivity index (χ4n) is 2.36. The largest absolute Gasteiger partial charge is 0.354 e. The SMILES string of the molecule is CC(CC(=O)NCC1(N)CCCCC1)C(C)(C)C.Cl. The number of amides is 1. The predicted octanol–water partition coefficient (Wildman–Crippen LogP) is 3.26. The number of nitrogens with two attached hydrogens (primary N) is 1. The lowest BCUT2D eigenvalue weighted by molar-refractivity contribution is -0.123. The van der Waals surface area contributed by atoms with E-state index in [2.05, 4.69) is 33.0 Å². The maximum absolute atomic E-state index is 11.9. The van der Waals surface area contributed by atoms with Crippen LogP contribution in [0.3, 0.4) is 0 Å². The van der Waals surface area contributed by atoms with E-state index in [0.29, 0.717) is 18.9 Å². The highest BCUT2D eigenvalue weighted by Crippen LogP contribution is 2.28. The molecule has 1 amide bonds. The minimum absolute atomic E-state index is 0. The Morgan fingerprint density at radius 1 is 1.26 bits per heavy atom. The van der Waals surface area contributed by atoms with Crippen LogP contribution >= 0.6 is 12.4 Å². The summed E-state index contributed by atoms with van der Waals surface area (Å²) in [6.07, 6.45) is 6.37. The first-order chi connectivity index (χ1) is 8.23. The van der Waals surface area contributed by atoms with E-state index in [9.17, 15) is 4.79 Å². The number of hydrogen-bond acceptors (Lipinski definition) is 2. The van der Waals surface area contributed by atoms with Crippen LogP contribution in [0, 0.1) is 11.3 Å². The molecule has 0 aromatic rings. The van der Waals surface area contributed by atoms with Gasteiger partial charge in [-0.1, -0.05) is 47.0 Å². The van der Waals surface area contributed by atoms with Gasteiger partial charge in [-0.3, -0.25) is 4.79 Å². The second-order valence-electron chi connectivity index (χ2n) is 7.17. The van der Waals surface area contributed by atoms with Gasteiger partial charge in [0.05, 0.1) is 0 Å². The maximum atomic E-state index is 11.9. The molecule has 0 radical (unpaired) electrons. The maximum Gasteiger partial charge on any atom is 0.220 e. The Morgan fingerprint density at radius 2 is 1.79 bits per heavy atom. The Kier molecular flexibility index (Phi) is 7.38. The summed E-state index contributed by atoms with van der Waals surface area (Å²) in [5.41, 5.74) is 6.34. The molecule has 1 fully saturated rings. The summed E-state index contributed by atoms with van der Waals surface area (Å²) in [6.45, 7) is 9.31. The third kappa shape index (κ3) is 6.62. The molecule has 19 heavy (non-hydrogen) atoms. The molecule has 1 atom stereocenters. The molecule has 0 aromatic carbocycles. The van der Waals surface area contributed by atoms with Crippen LogP contribution in [0.5, 0.6) is 0 Å². The lowest BCUT2D eigenvalue weighted by Crippen LogP contribution is -2.51. The first-order valence-electron chi connectivity index (χ1n) is 7.28. The predicted molar refractivity (Wildman–Crippen MR) is 83.5 cm³/mol. The molecule has 0 aliphatic heterocycles. The molecule has 0 bridgehead atoms. The fraction of sp³-hybridized carbons (Fsp3) is 0.933. The Labute approximate surface area is 124 Å². The molecule has 3 nitrogen and oxygen atoms in total. The molecule has 1 rings (SSSR count). The van der Waals surface area contributed by atoms with Crippen molar-refractivity contribution < 1.29 is 4.79 Å². The summed E-state index contributed by atoms with van der Waals surface area (Å²) in [5, 5.41) is 3.03. The second-order valence-corrected chi connectivity index (χ2v) is 7.17. The van der Waals surface area contributed by atoms with E-state index in [4.69, 9.17) is 5.73 Å². The molecule has 1 saturated carbocycles. The molecule has 1 aliphatic carbocycles. The van der Waals surface area contributed by atoms with Gasteiger partial charge in [-0.25, -0.2) is 0 Å². The van der Waals surface area contributed by atoms with E-state index in [-0.39, 0.29) is 29.3 Å². The van der Waals surface area contributed by atoms with Crippen molar-refractivity contribution in [3.8, 4) is 0 Å². The zero-order valence-electron chi connectivity index (χ0n) is 12.9. The van der Waals surface area contributed by atoms with Crippen molar-refractivity contribution in [1.82, 2.24) is 5.32 Å². The average Bonchev–Trinajstić information content (AvgIpc) is 2.26. The summed E-state index contributed by atoms with van der Waals surface area (Å²) < 4.78 is 0. The number of carbonyl (C=O) groups excluding carboxylic acids is 1. The van der Waals surface area contributed by atoms with Gasteiger partial charge in [-0.2, -0.15) is 0 Å². The van der Waals surface area contributed by atoms with E-state index in [1.807, 2.05) is 0 Å². The van der Waals surface area contributed by atoms with Crippen LogP contribution in [-0.4, -0.2) is 18.0 Å². The summed E-state index contributed by atoms with van der Waals surface area (Å²) >= 11 is 0. The highest BCUT2D eigenvalue weighted by molar-refractivity contribution is 5.85. The molecule has 4 heteroatoms. The fourth-order valence-corrected chi connectivity index (χ4v) is 2.36. The third-order valence-electron chi connectivity index (χ3n) is 4.46. The van der Waals surface area contributed by atoms with Gasteiger partial charge in [0.2, 0.25) is 5.91 Å². The first kappa shape index (κ1) is 18.7. The minimum atomic E-state index is -0.154. The van der Waals surface area contributed by atoms with E-state index < -0.39 is 0 Å². The van der Waals surface area contributed by atoms with Crippen LogP contribution in [-0.2, 0) is 4.79 Å². The molecule has 1 aliphatic rings. The standard InChI is InChI=1S/C15H30N2O.ClH/c1-12(14(2,3)4)10-13(18)17-11-15(16)8-6-5-7-9-15;/h12H,5-11,16H2,1-4H3,(H,17,18);1H. The molecule has 0 heterocycles. The highest BCUT2D eigenvalue weighted by atomic mass is 35.5. The zero-order chi connectivity index (χ0) is 13.8. The van der Waals surface area contributed by atoms with Gasteiger partial charge in [0, 0.05) is 18.5 Å². The Balaban J connectivity index is 0.00000324. The van der Waals surface area contributed by atoms with Crippen LogP contribution in [0.4, 0.5) is 0 Å². The van der Waals surface area contributed by atoms with Gasteiger partial charge >= 0.3 is 0 Å². The van der Waals surface area contributed by atoms with Gasteiger partial charge < -0.3 is 11.1 Å². The van der Waals surface area contributed by atoms with Crippen molar-refractivity contribution in [2.45, 2.75) is 71.8 Å². The van der Waals surface area contributed by atoms with Crippen molar-refractivity contribution in [2.75, 3.05) is 6.54 Å².